The van der Waals surface area contributed by atoms with Crippen LogP contribution in [0.15, 0.2) is 40.9 Å². The Morgan fingerprint density at radius 1 is 1.28 bits per heavy atom. The Balaban J connectivity index is 1.52. The van der Waals surface area contributed by atoms with Crippen LogP contribution in [0, 0.1) is 11.3 Å². The van der Waals surface area contributed by atoms with Crippen LogP contribution in [-0.2, 0) is 0 Å². The highest BCUT2D eigenvalue weighted by Gasteiger charge is 2.36. The number of fused-ring (bicyclic) bond motifs is 2. The summed E-state index contributed by atoms with van der Waals surface area (Å²) in [4.78, 5) is 11.7. The van der Waals surface area contributed by atoms with Gasteiger partial charge < -0.3 is 16.1 Å². The number of imidazole rings is 1. The second-order valence-corrected chi connectivity index (χ2v) is 9.07. The predicted molar refractivity (Wildman–Crippen MR) is 117 cm³/mol. The summed E-state index contributed by atoms with van der Waals surface area (Å²) < 4.78 is 2.05. The molecule has 2 aromatic heterocycles. The van der Waals surface area contributed by atoms with E-state index in [9.17, 15) is 0 Å². The zero-order valence-electron chi connectivity index (χ0n) is 16.1. The van der Waals surface area contributed by atoms with Gasteiger partial charge in [0.25, 0.3) is 0 Å². The number of piperidine rings is 1. The summed E-state index contributed by atoms with van der Waals surface area (Å²) in [6.07, 6.45) is 11.8. The first-order valence-electron chi connectivity index (χ1n) is 9.85. The van der Waals surface area contributed by atoms with E-state index >= 15 is 0 Å². The molecule has 2 unspecified atom stereocenters. The molecule has 1 saturated heterocycles. The number of nitrogens with two attached hydrogens (primary N) is 1. The molecule has 0 bridgehead atoms. The van der Waals surface area contributed by atoms with Crippen molar-refractivity contribution in [2.45, 2.75) is 25.8 Å². The second-order valence-electron chi connectivity index (χ2n) is 8.28. The van der Waals surface area contributed by atoms with Gasteiger partial charge in [-0.15, -0.1) is 0 Å². The zero-order valence-corrected chi connectivity index (χ0v) is 17.7. The molecule has 2 aromatic rings. The van der Waals surface area contributed by atoms with Gasteiger partial charge in [0, 0.05) is 36.1 Å². The molecule has 7 nitrogen and oxygen atoms in total. The number of aromatic nitrogens is 3. The Kier molecular flexibility index (Phi) is 4.57. The van der Waals surface area contributed by atoms with Gasteiger partial charge in [0.2, 0.25) is 0 Å². The first kappa shape index (κ1) is 18.9. The molecule has 5 rings (SSSR count). The lowest BCUT2D eigenvalue weighted by molar-refractivity contribution is 0.258. The third-order valence-electron chi connectivity index (χ3n) is 6.38. The molecule has 1 fully saturated rings. The van der Waals surface area contributed by atoms with Crippen molar-refractivity contribution in [2.24, 2.45) is 22.2 Å². The van der Waals surface area contributed by atoms with Crippen LogP contribution in [0.1, 0.15) is 25.6 Å². The van der Waals surface area contributed by atoms with Gasteiger partial charge in [-0.3, -0.25) is 4.40 Å². The number of hydrogen-bond donors (Lipinski definition) is 2. The Morgan fingerprint density at radius 2 is 2.07 bits per heavy atom. The van der Waals surface area contributed by atoms with Crippen molar-refractivity contribution in [1.82, 2.24) is 19.8 Å². The first-order chi connectivity index (χ1) is 14.0. The number of anilines is 1. The topological polar surface area (TPSA) is 83.8 Å². The molecular weight excluding hydrogens is 409 g/mol. The normalized spacial score (nSPS) is 25.9. The van der Waals surface area contributed by atoms with Gasteiger partial charge in [-0.05, 0) is 24.8 Å². The maximum absolute atomic E-state index is 6.74. The van der Waals surface area contributed by atoms with Gasteiger partial charge >= 0.3 is 0 Å². The van der Waals surface area contributed by atoms with Crippen molar-refractivity contribution in [1.29, 1.82) is 0 Å². The minimum Gasteiger partial charge on any atom is -0.355 e. The highest BCUT2D eigenvalue weighted by Crippen LogP contribution is 2.39. The van der Waals surface area contributed by atoms with Crippen LogP contribution in [0.2, 0.25) is 0 Å². The summed E-state index contributed by atoms with van der Waals surface area (Å²) in [5.41, 5.74) is 11.0. The molecule has 1 aliphatic carbocycles. The summed E-state index contributed by atoms with van der Waals surface area (Å²) in [6.45, 7) is 4.85. The number of hydrogen-bond acceptors (Lipinski definition) is 6. The molecule has 152 valence electrons. The van der Waals surface area contributed by atoms with E-state index < -0.39 is 0 Å². The van der Waals surface area contributed by atoms with E-state index in [1.165, 1.54) is 0 Å². The number of rotatable bonds is 3. The quantitative estimate of drug-likeness (QED) is 0.779. The van der Waals surface area contributed by atoms with E-state index in [1.54, 1.807) is 0 Å². The summed E-state index contributed by atoms with van der Waals surface area (Å²) in [5, 5.41) is 5.24. The lowest BCUT2D eigenvalue weighted by Gasteiger charge is -2.39. The molecule has 2 atom stereocenters. The van der Waals surface area contributed by atoms with Crippen LogP contribution in [0.4, 0.5) is 5.82 Å². The van der Waals surface area contributed by atoms with Crippen LogP contribution < -0.4 is 16.1 Å². The van der Waals surface area contributed by atoms with Gasteiger partial charge in [0.05, 0.1) is 18.2 Å². The van der Waals surface area contributed by atoms with Crippen LogP contribution >= 0.6 is 23.2 Å². The summed E-state index contributed by atoms with van der Waals surface area (Å²) in [6, 6.07) is -0.00703. The SMILES string of the molecule is CC1(CN)CCN(c2nccn3c(C4=C(Cl)C5C(Cl)=NNC5C=C4)ncc23)CC1. The number of nitrogens with zero attached hydrogens (tertiary/aromatic N) is 5. The van der Waals surface area contributed by atoms with Crippen molar-refractivity contribution in [2.75, 3.05) is 24.5 Å². The Hall–Kier alpha value is -2.09. The fourth-order valence-electron chi connectivity index (χ4n) is 4.29. The van der Waals surface area contributed by atoms with Crippen LogP contribution in [0.25, 0.3) is 11.1 Å². The van der Waals surface area contributed by atoms with Gasteiger partial charge in [-0.1, -0.05) is 42.3 Å². The van der Waals surface area contributed by atoms with Crippen molar-refractivity contribution in [3.05, 3.63) is 41.6 Å². The van der Waals surface area contributed by atoms with Crippen molar-refractivity contribution in [3.63, 3.8) is 0 Å². The fraction of sp³-hybridized carbons (Fsp3) is 0.450. The second kappa shape index (κ2) is 7.00. The Bertz CT molecular complexity index is 1050. The zero-order chi connectivity index (χ0) is 20.2. The van der Waals surface area contributed by atoms with Crippen LogP contribution in [-0.4, -0.2) is 45.2 Å². The molecule has 0 spiro atoms. The molecule has 0 saturated carbocycles. The van der Waals surface area contributed by atoms with E-state index in [0.717, 1.165) is 55.2 Å². The van der Waals surface area contributed by atoms with Crippen molar-refractivity contribution in [3.8, 4) is 0 Å². The van der Waals surface area contributed by atoms with E-state index in [-0.39, 0.29) is 17.4 Å². The minimum absolute atomic E-state index is 0.00703. The van der Waals surface area contributed by atoms with Gasteiger partial charge in [0.1, 0.15) is 16.5 Å². The number of allylic oxidation sites excluding steroid dienone is 2. The average molecular weight is 432 g/mol. The summed E-state index contributed by atoms with van der Waals surface area (Å²) in [7, 11) is 0. The lowest BCUT2D eigenvalue weighted by Crippen LogP contribution is -2.42. The molecular formula is C20H23Cl2N7. The van der Waals surface area contributed by atoms with Gasteiger partial charge in [0.15, 0.2) is 5.82 Å². The lowest BCUT2D eigenvalue weighted by atomic mass is 9.80. The monoisotopic (exact) mass is 431 g/mol. The standard InChI is InChI=1S/C20H23Cl2N7/c1-20(11-23)4-7-28(8-5-20)19-14-10-25-18(29(14)9-6-24-19)12-2-3-13-15(16(12)21)17(22)27-26-13/h2-3,6,9-10,13,15,26H,4-5,7-8,11,23H2,1H3. The van der Waals surface area contributed by atoms with E-state index in [1.807, 2.05) is 30.7 Å². The van der Waals surface area contributed by atoms with Crippen molar-refractivity contribution >= 4 is 45.3 Å². The van der Waals surface area contributed by atoms with E-state index in [2.05, 4.69) is 36.7 Å². The summed E-state index contributed by atoms with van der Waals surface area (Å²) in [5.74, 6) is 1.56. The average Bonchev–Trinajstić information content (AvgIpc) is 3.33. The maximum Gasteiger partial charge on any atom is 0.154 e. The molecule has 0 radical (unpaired) electrons. The fourth-order valence-corrected chi connectivity index (χ4v) is 5.03. The molecule has 29 heavy (non-hydrogen) atoms. The van der Waals surface area contributed by atoms with Crippen LogP contribution in [0.3, 0.4) is 0 Å². The van der Waals surface area contributed by atoms with Gasteiger partial charge in [-0.25, -0.2) is 9.97 Å². The molecule has 2 aliphatic heterocycles. The molecule has 0 aromatic carbocycles. The largest absolute Gasteiger partial charge is 0.355 e. The van der Waals surface area contributed by atoms with Crippen LogP contribution in [0.5, 0.6) is 0 Å². The smallest absolute Gasteiger partial charge is 0.154 e. The highest BCUT2D eigenvalue weighted by atomic mass is 35.5. The summed E-state index contributed by atoms with van der Waals surface area (Å²) >= 11 is 13.0. The number of nitrogens with one attached hydrogen (secondary N) is 1. The third-order valence-corrected chi connectivity index (χ3v) is 7.14. The highest BCUT2D eigenvalue weighted by molar-refractivity contribution is 6.67. The van der Waals surface area contributed by atoms with Gasteiger partial charge in [-0.2, -0.15) is 5.10 Å². The number of halogens is 2. The first-order valence-corrected chi connectivity index (χ1v) is 10.6. The molecule has 3 aliphatic rings. The Morgan fingerprint density at radius 3 is 2.83 bits per heavy atom. The Labute approximate surface area is 179 Å². The molecule has 0 amide bonds. The third kappa shape index (κ3) is 3.03. The predicted octanol–water partition coefficient (Wildman–Crippen LogP) is 2.95. The van der Waals surface area contributed by atoms with E-state index in [4.69, 9.17) is 28.9 Å². The minimum atomic E-state index is -0.164. The molecule has 4 heterocycles. The van der Waals surface area contributed by atoms with Crippen molar-refractivity contribution < 1.29 is 0 Å². The molecule has 3 N–H and O–H groups in total. The van der Waals surface area contributed by atoms with E-state index in [0.29, 0.717) is 10.2 Å². The molecule has 9 heteroatoms. The number of hydrazone groups is 1. The maximum atomic E-state index is 6.74.